The van der Waals surface area contributed by atoms with E-state index >= 15 is 0 Å². The number of nitrogen functional groups attached to an aromatic ring is 1. The Hall–Kier alpha value is -2.57. The van der Waals surface area contributed by atoms with Gasteiger partial charge in [0, 0.05) is 0 Å². The number of methoxy groups -OCH3 is 1. The predicted molar refractivity (Wildman–Crippen MR) is 63.8 cm³/mol. The van der Waals surface area contributed by atoms with Crippen LogP contribution in [0.5, 0.6) is 0 Å². The highest BCUT2D eigenvalue weighted by molar-refractivity contribution is 5.91. The second-order valence-electron chi connectivity index (χ2n) is 3.49. The van der Waals surface area contributed by atoms with Crippen LogP contribution in [0.25, 0.3) is 0 Å². The third-order valence-electron chi connectivity index (χ3n) is 2.32. The highest BCUT2D eigenvalue weighted by Gasteiger charge is 2.08. The van der Waals surface area contributed by atoms with E-state index in [2.05, 4.69) is 24.7 Å². The van der Waals surface area contributed by atoms with E-state index in [1.165, 1.54) is 13.5 Å². The summed E-state index contributed by atoms with van der Waals surface area (Å²) < 4.78 is 9.24. The normalized spacial score (nSPS) is 10.1. The number of benzene rings is 1. The van der Waals surface area contributed by atoms with Gasteiger partial charge in [-0.2, -0.15) is 4.98 Å². The number of nitrogens with two attached hydrogens (primary N) is 1. The van der Waals surface area contributed by atoms with Gasteiger partial charge in [-0.25, -0.2) is 4.79 Å². The Morgan fingerprint density at radius 2 is 2.39 bits per heavy atom. The first-order chi connectivity index (χ1) is 8.70. The quantitative estimate of drug-likeness (QED) is 0.615. The lowest BCUT2D eigenvalue weighted by Gasteiger charge is -2.09. The van der Waals surface area contributed by atoms with Crippen molar-refractivity contribution in [2.24, 2.45) is 0 Å². The van der Waals surface area contributed by atoms with Crippen molar-refractivity contribution in [2.75, 3.05) is 18.2 Å². The van der Waals surface area contributed by atoms with Gasteiger partial charge in [-0.3, -0.25) is 0 Å². The molecule has 7 heteroatoms. The Balaban J connectivity index is 2.13. The minimum absolute atomic E-state index is 0.353. The lowest BCUT2D eigenvalue weighted by molar-refractivity contribution is 0.0601. The summed E-state index contributed by atoms with van der Waals surface area (Å²) in [6.07, 6.45) is 1.24. The summed E-state index contributed by atoms with van der Waals surface area (Å²) >= 11 is 0. The van der Waals surface area contributed by atoms with Crippen LogP contribution >= 0.6 is 0 Å². The summed E-state index contributed by atoms with van der Waals surface area (Å²) in [6.45, 7) is 0.353. The maximum Gasteiger partial charge on any atom is 0.337 e. The summed E-state index contributed by atoms with van der Waals surface area (Å²) in [6, 6.07) is 4.84. The summed E-state index contributed by atoms with van der Waals surface area (Å²) in [4.78, 5) is 15.2. The minimum Gasteiger partial charge on any atom is -0.465 e. The maximum atomic E-state index is 11.4. The molecule has 0 radical (unpaired) electrons. The first kappa shape index (κ1) is 11.9. The fraction of sp³-hybridized carbons (Fsp3) is 0.182. The fourth-order valence-corrected chi connectivity index (χ4v) is 1.40. The number of hydrogen-bond donors (Lipinski definition) is 2. The predicted octanol–water partition coefficient (Wildman–Crippen LogP) is 1.05. The van der Waals surface area contributed by atoms with E-state index in [0.717, 1.165) is 0 Å². The Morgan fingerprint density at radius 1 is 1.56 bits per heavy atom. The number of rotatable bonds is 4. The summed E-state index contributed by atoms with van der Waals surface area (Å²) in [5, 5.41) is 6.67. The molecule has 0 aliphatic heterocycles. The molecule has 1 aromatic heterocycles. The van der Waals surface area contributed by atoms with Gasteiger partial charge in [0.05, 0.1) is 30.6 Å². The van der Waals surface area contributed by atoms with Crippen LogP contribution in [0.4, 0.5) is 11.4 Å². The average Bonchev–Trinajstić information content (AvgIpc) is 2.90. The Kier molecular flexibility index (Phi) is 3.42. The molecule has 0 spiro atoms. The molecular weight excluding hydrogens is 236 g/mol. The number of carbonyl (C=O) groups excluding carboxylic acids is 1. The molecule has 3 N–H and O–H groups in total. The second kappa shape index (κ2) is 5.17. The fourth-order valence-electron chi connectivity index (χ4n) is 1.40. The van der Waals surface area contributed by atoms with Crippen LogP contribution in [0.1, 0.15) is 16.2 Å². The van der Waals surface area contributed by atoms with E-state index in [4.69, 9.17) is 5.73 Å². The number of nitrogens with one attached hydrogen (secondary N) is 1. The van der Waals surface area contributed by atoms with Crippen molar-refractivity contribution < 1.29 is 14.1 Å². The van der Waals surface area contributed by atoms with E-state index < -0.39 is 5.97 Å². The monoisotopic (exact) mass is 248 g/mol. The molecule has 1 heterocycles. The van der Waals surface area contributed by atoms with Crippen molar-refractivity contribution in [3.05, 3.63) is 36.0 Å². The van der Waals surface area contributed by atoms with Crippen LogP contribution in [-0.2, 0) is 11.3 Å². The van der Waals surface area contributed by atoms with Gasteiger partial charge in [0.25, 0.3) is 0 Å². The van der Waals surface area contributed by atoms with Crippen molar-refractivity contribution in [1.82, 2.24) is 10.1 Å². The summed E-state index contributed by atoms with van der Waals surface area (Å²) in [5.41, 5.74) is 7.34. The number of esters is 1. The molecule has 18 heavy (non-hydrogen) atoms. The van der Waals surface area contributed by atoms with Crippen molar-refractivity contribution >= 4 is 17.3 Å². The van der Waals surface area contributed by atoms with Gasteiger partial charge in [0.15, 0.2) is 5.82 Å². The van der Waals surface area contributed by atoms with Crippen LogP contribution < -0.4 is 11.1 Å². The maximum absolute atomic E-state index is 11.4. The number of carbonyl (C=O) groups is 1. The van der Waals surface area contributed by atoms with Gasteiger partial charge in [-0.05, 0) is 18.2 Å². The molecule has 7 nitrogen and oxygen atoms in total. The molecule has 0 unspecified atom stereocenters. The van der Waals surface area contributed by atoms with Gasteiger partial charge in [0.1, 0.15) is 0 Å². The summed E-state index contributed by atoms with van der Waals surface area (Å²) in [5.74, 6) is 0.0792. The molecule has 0 amide bonds. The smallest absolute Gasteiger partial charge is 0.337 e. The van der Waals surface area contributed by atoms with E-state index in [1.54, 1.807) is 18.2 Å². The largest absolute Gasteiger partial charge is 0.465 e. The molecule has 0 saturated heterocycles. The molecule has 0 aliphatic carbocycles. The van der Waals surface area contributed by atoms with Crippen molar-refractivity contribution in [3.63, 3.8) is 0 Å². The minimum atomic E-state index is -0.419. The zero-order valence-corrected chi connectivity index (χ0v) is 9.71. The molecule has 0 fully saturated rings. The number of aromatic nitrogens is 2. The number of ether oxygens (including phenoxy) is 1. The van der Waals surface area contributed by atoms with Crippen molar-refractivity contribution in [2.45, 2.75) is 6.54 Å². The highest BCUT2D eigenvalue weighted by Crippen LogP contribution is 2.20. The standard InChI is InChI=1S/C11H12N4O3/c1-17-11(16)7-2-3-8(12)9(4-7)13-5-10-14-6-18-15-10/h2-4,6,13H,5,12H2,1H3. The molecule has 0 bridgehead atoms. The Morgan fingerprint density at radius 3 is 3.06 bits per heavy atom. The lowest BCUT2D eigenvalue weighted by atomic mass is 10.1. The van der Waals surface area contributed by atoms with Crippen LogP contribution in [0.3, 0.4) is 0 Å². The van der Waals surface area contributed by atoms with Gasteiger partial charge in [-0.1, -0.05) is 5.16 Å². The van der Waals surface area contributed by atoms with Crippen LogP contribution in [0.15, 0.2) is 29.1 Å². The van der Waals surface area contributed by atoms with Crippen LogP contribution in [0, 0.1) is 0 Å². The van der Waals surface area contributed by atoms with Crippen molar-refractivity contribution in [3.8, 4) is 0 Å². The average molecular weight is 248 g/mol. The summed E-state index contributed by atoms with van der Waals surface area (Å²) in [7, 11) is 1.32. The van der Waals surface area contributed by atoms with Gasteiger partial charge >= 0.3 is 5.97 Å². The molecule has 0 saturated carbocycles. The number of hydrogen-bond acceptors (Lipinski definition) is 7. The Labute approximate surface area is 103 Å². The zero-order chi connectivity index (χ0) is 13.0. The van der Waals surface area contributed by atoms with E-state index in [9.17, 15) is 4.79 Å². The highest BCUT2D eigenvalue weighted by atomic mass is 16.5. The molecular formula is C11H12N4O3. The molecule has 2 aromatic rings. The first-order valence-electron chi connectivity index (χ1n) is 5.17. The van der Waals surface area contributed by atoms with E-state index in [0.29, 0.717) is 29.3 Å². The molecule has 0 atom stereocenters. The van der Waals surface area contributed by atoms with Gasteiger partial charge in [0.2, 0.25) is 6.39 Å². The van der Waals surface area contributed by atoms with Crippen molar-refractivity contribution in [1.29, 1.82) is 0 Å². The number of nitrogens with zero attached hydrogens (tertiary/aromatic N) is 2. The van der Waals surface area contributed by atoms with Gasteiger partial charge < -0.3 is 20.3 Å². The zero-order valence-electron chi connectivity index (χ0n) is 9.71. The third kappa shape index (κ3) is 2.57. The molecule has 94 valence electrons. The Bertz CT molecular complexity index is 539. The van der Waals surface area contributed by atoms with E-state index in [-0.39, 0.29) is 0 Å². The second-order valence-corrected chi connectivity index (χ2v) is 3.49. The van der Waals surface area contributed by atoms with Crippen LogP contribution in [-0.4, -0.2) is 23.2 Å². The van der Waals surface area contributed by atoms with E-state index in [1.807, 2.05) is 0 Å². The topological polar surface area (TPSA) is 103 Å². The SMILES string of the molecule is COC(=O)c1ccc(N)c(NCc2ncon2)c1. The lowest BCUT2D eigenvalue weighted by Crippen LogP contribution is -2.07. The molecule has 1 aromatic carbocycles. The van der Waals surface area contributed by atoms with Gasteiger partial charge in [-0.15, -0.1) is 0 Å². The first-order valence-corrected chi connectivity index (χ1v) is 5.17. The third-order valence-corrected chi connectivity index (χ3v) is 2.32. The molecule has 2 rings (SSSR count). The van der Waals surface area contributed by atoms with Crippen LogP contribution in [0.2, 0.25) is 0 Å². The molecule has 0 aliphatic rings. The number of anilines is 2.